The molecule has 0 bridgehead atoms. The van der Waals surface area contributed by atoms with Crippen molar-refractivity contribution >= 4 is 33.9 Å². The molecule has 14 heteroatoms. The number of morpholine rings is 1. The zero-order chi connectivity index (χ0) is 39.0. The van der Waals surface area contributed by atoms with Gasteiger partial charge in [-0.15, -0.1) is 0 Å². The van der Waals surface area contributed by atoms with Crippen molar-refractivity contribution in [3.8, 4) is 0 Å². The summed E-state index contributed by atoms with van der Waals surface area (Å²) in [4.78, 5) is 39.7. The number of imidazole rings is 2. The standard InChI is InChI=1S/C41H53N11O3/c1-9-49-35(24-27(3)44-49)38(53)42-40-46(7)32-15-11-12-16-33(32)51(40)29(5)18-19-30(6)52-37-31(26-48-20-22-55-23-21-48)14-13-17-34(37)47(8)41(52)43-39(54)36-25-28(4)45-50(36)10-2/h11-17,24-25,29-30H,9-10,18-23,26H2,1-8H3/b42-40+,43-41+/t29-,30-/m1/s1. The van der Waals surface area contributed by atoms with Gasteiger partial charge in [-0.25, -0.2) is 0 Å². The molecule has 2 aromatic carbocycles. The molecular weight excluding hydrogens is 695 g/mol. The Balaban J connectivity index is 1.30. The van der Waals surface area contributed by atoms with Crippen molar-refractivity contribution in [1.29, 1.82) is 0 Å². The maximum absolute atomic E-state index is 13.9. The Hall–Kier alpha value is -5.34. The quantitative estimate of drug-likeness (QED) is 0.179. The Bertz CT molecular complexity index is 2510. The highest BCUT2D eigenvalue weighted by Crippen LogP contribution is 2.28. The predicted octanol–water partition coefficient (Wildman–Crippen LogP) is 5.24. The molecule has 1 fully saturated rings. The minimum absolute atomic E-state index is 0.0229. The van der Waals surface area contributed by atoms with Crippen LogP contribution in [-0.4, -0.2) is 80.8 Å². The number of ether oxygens (including phenoxy) is 1. The minimum atomic E-state index is -0.322. The van der Waals surface area contributed by atoms with Crippen molar-refractivity contribution in [3.05, 3.63) is 94.2 Å². The largest absolute Gasteiger partial charge is 0.379 e. The van der Waals surface area contributed by atoms with Gasteiger partial charge in [0, 0.05) is 58.9 Å². The van der Waals surface area contributed by atoms with Crippen molar-refractivity contribution in [3.63, 3.8) is 0 Å². The maximum atomic E-state index is 13.9. The number of amides is 2. The topological polar surface area (TPSA) is 127 Å². The Morgan fingerprint density at radius 1 is 0.727 bits per heavy atom. The van der Waals surface area contributed by atoms with Gasteiger partial charge in [0.2, 0.25) is 11.2 Å². The van der Waals surface area contributed by atoms with Gasteiger partial charge in [-0.3, -0.25) is 23.9 Å². The SMILES string of the molecule is CCn1nc(C)cc1C(=O)/N=c1\n(C)c2ccccc2n1[C@H](C)CC[C@@H](C)n1/c(=N/C(=O)c2cc(C)nn2CC)n(C)c2cccc(CN3CCOCC3)c21. The summed E-state index contributed by atoms with van der Waals surface area (Å²) >= 11 is 0. The van der Waals surface area contributed by atoms with Gasteiger partial charge in [-0.2, -0.15) is 20.2 Å². The second-order valence-corrected chi connectivity index (χ2v) is 14.7. The molecule has 6 aromatic rings. The monoisotopic (exact) mass is 747 g/mol. The second-order valence-electron chi connectivity index (χ2n) is 14.7. The average molecular weight is 748 g/mol. The van der Waals surface area contributed by atoms with Crippen LogP contribution in [0.4, 0.5) is 0 Å². The summed E-state index contributed by atoms with van der Waals surface area (Å²) < 4.78 is 17.6. The molecule has 0 aliphatic carbocycles. The van der Waals surface area contributed by atoms with Crippen LogP contribution in [0.2, 0.25) is 0 Å². The molecule has 5 heterocycles. The van der Waals surface area contributed by atoms with Gasteiger partial charge in [-0.1, -0.05) is 24.3 Å². The first kappa shape index (κ1) is 38.0. The molecule has 1 aliphatic rings. The van der Waals surface area contributed by atoms with Crippen LogP contribution < -0.4 is 11.2 Å². The number of benzene rings is 2. The van der Waals surface area contributed by atoms with Gasteiger partial charge in [0.1, 0.15) is 11.4 Å². The van der Waals surface area contributed by atoms with Crippen molar-refractivity contribution in [2.24, 2.45) is 24.1 Å². The van der Waals surface area contributed by atoms with E-state index >= 15 is 0 Å². The third kappa shape index (κ3) is 7.28. The fraction of sp³-hybridized carbons (Fsp3) is 0.463. The van der Waals surface area contributed by atoms with Crippen LogP contribution in [0.5, 0.6) is 0 Å². The van der Waals surface area contributed by atoms with Gasteiger partial charge >= 0.3 is 0 Å². The maximum Gasteiger partial charge on any atom is 0.298 e. The lowest BCUT2D eigenvalue weighted by Gasteiger charge is -2.27. The highest BCUT2D eigenvalue weighted by Gasteiger charge is 2.24. The summed E-state index contributed by atoms with van der Waals surface area (Å²) in [6.07, 6.45) is 1.54. The summed E-state index contributed by atoms with van der Waals surface area (Å²) in [6.45, 7) is 17.2. The van der Waals surface area contributed by atoms with Crippen LogP contribution in [-0.2, 0) is 38.5 Å². The lowest BCUT2D eigenvalue weighted by Crippen LogP contribution is -2.36. The number of para-hydroxylation sites is 3. The van der Waals surface area contributed by atoms with Crippen LogP contribution in [0, 0.1) is 13.8 Å². The van der Waals surface area contributed by atoms with Crippen molar-refractivity contribution in [2.45, 2.75) is 86.1 Å². The molecule has 14 nitrogen and oxygen atoms in total. The van der Waals surface area contributed by atoms with Gasteiger partial charge in [0.25, 0.3) is 11.8 Å². The van der Waals surface area contributed by atoms with Crippen LogP contribution in [0.25, 0.3) is 22.1 Å². The van der Waals surface area contributed by atoms with Crippen LogP contribution in [0.3, 0.4) is 0 Å². The Kier molecular flexibility index (Phi) is 10.9. The normalized spacial score (nSPS) is 15.8. The van der Waals surface area contributed by atoms with E-state index in [1.807, 2.05) is 69.1 Å². The van der Waals surface area contributed by atoms with Crippen molar-refractivity contribution in [2.75, 3.05) is 26.3 Å². The third-order valence-corrected chi connectivity index (χ3v) is 10.9. The van der Waals surface area contributed by atoms with E-state index in [0.717, 1.165) is 65.9 Å². The zero-order valence-electron chi connectivity index (χ0n) is 33.4. The Morgan fingerprint density at radius 3 is 1.82 bits per heavy atom. The molecule has 1 saturated heterocycles. The minimum Gasteiger partial charge on any atom is -0.379 e. The molecule has 55 heavy (non-hydrogen) atoms. The smallest absolute Gasteiger partial charge is 0.298 e. The van der Waals surface area contributed by atoms with E-state index in [2.05, 4.69) is 68.4 Å². The fourth-order valence-electron chi connectivity index (χ4n) is 8.02. The molecule has 0 unspecified atom stereocenters. The number of carbonyl (C=O) groups excluding carboxylic acids is 2. The number of aryl methyl sites for hydroxylation is 6. The van der Waals surface area contributed by atoms with Gasteiger partial charge < -0.3 is 23.0 Å². The summed E-state index contributed by atoms with van der Waals surface area (Å²) in [7, 11) is 3.95. The summed E-state index contributed by atoms with van der Waals surface area (Å²) in [6, 6.07) is 18.1. The molecule has 0 N–H and O–H groups in total. The third-order valence-electron chi connectivity index (χ3n) is 10.9. The van der Waals surface area contributed by atoms with E-state index in [0.29, 0.717) is 48.9 Å². The molecule has 0 saturated carbocycles. The second kappa shape index (κ2) is 15.8. The van der Waals surface area contributed by atoms with E-state index in [1.165, 1.54) is 5.56 Å². The number of hydrogen-bond acceptors (Lipinski definition) is 6. The van der Waals surface area contributed by atoms with Crippen molar-refractivity contribution < 1.29 is 14.3 Å². The molecule has 0 spiro atoms. The lowest BCUT2D eigenvalue weighted by atomic mass is 10.1. The number of rotatable bonds is 11. The molecule has 0 radical (unpaired) electrons. The molecule has 1 aliphatic heterocycles. The molecule has 2 amide bonds. The molecule has 2 atom stereocenters. The highest BCUT2D eigenvalue weighted by molar-refractivity contribution is 5.94. The number of nitrogens with zero attached hydrogens (tertiary/aromatic N) is 11. The van der Waals surface area contributed by atoms with Gasteiger partial charge in [0.15, 0.2) is 0 Å². The predicted molar refractivity (Wildman–Crippen MR) is 212 cm³/mol. The zero-order valence-corrected chi connectivity index (χ0v) is 33.4. The Labute approximate surface area is 321 Å². The summed E-state index contributed by atoms with van der Waals surface area (Å²) in [5.41, 5.74) is 8.97. The van der Waals surface area contributed by atoms with E-state index in [1.54, 1.807) is 15.4 Å². The first-order valence-electron chi connectivity index (χ1n) is 19.4. The van der Waals surface area contributed by atoms with Crippen LogP contribution in [0.1, 0.15) is 90.5 Å². The average Bonchev–Trinajstić information content (AvgIpc) is 3.92. The molecule has 7 rings (SSSR count). The van der Waals surface area contributed by atoms with Gasteiger partial charge in [-0.05, 0) is 90.3 Å². The molecular formula is C41H53N11O3. The lowest BCUT2D eigenvalue weighted by molar-refractivity contribution is 0.0343. The summed E-state index contributed by atoms with van der Waals surface area (Å²) in [5, 5.41) is 9.00. The number of hydrogen-bond donors (Lipinski definition) is 0. The number of fused-ring (bicyclic) bond motifs is 2. The number of aromatic nitrogens is 8. The van der Waals surface area contributed by atoms with E-state index in [9.17, 15) is 9.59 Å². The van der Waals surface area contributed by atoms with E-state index in [4.69, 9.17) is 14.7 Å². The van der Waals surface area contributed by atoms with E-state index < -0.39 is 0 Å². The number of carbonyl (C=O) groups is 2. The fourth-order valence-corrected chi connectivity index (χ4v) is 8.02. The first-order chi connectivity index (χ1) is 26.5. The summed E-state index contributed by atoms with van der Waals surface area (Å²) in [5.74, 6) is -0.642. The van der Waals surface area contributed by atoms with Crippen LogP contribution >= 0.6 is 0 Å². The molecule has 4 aromatic heterocycles. The van der Waals surface area contributed by atoms with Crippen molar-refractivity contribution in [1.82, 2.24) is 42.7 Å². The molecule has 290 valence electrons. The van der Waals surface area contributed by atoms with Gasteiger partial charge in [0.05, 0.1) is 46.7 Å². The van der Waals surface area contributed by atoms with E-state index in [-0.39, 0.29) is 23.9 Å². The first-order valence-corrected chi connectivity index (χ1v) is 19.4. The highest BCUT2D eigenvalue weighted by atomic mass is 16.5. The van der Waals surface area contributed by atoms with Crippen LogP contribution in [0.15, 0.2) is 64.6 Å². The Morgan fingerprint density at radius 2 is 1.24 bits per heavy atom.